The fourth-order valence-corrected chi connectivity index (χ4v) is 1.41. The summed E-state index contributed by atoms with van der Waals surface area (Å²) in [5.74, 6) is 0.222. The summed E-state index contributed by atoms with van der Waals surface area (Å²) in [5, 5.41) is 0. The first kappa shape index (κ1) is 40.9. The summed E-state index contributed by atoms with van der Waals surface area (Å²) in [4.78, 5) is 17.5. The van der Waals surface area contributed by atoms with E-state index in [9.17, 15) is 0 Å². The van der Waals surface area contributed by atoms with Crippen molar-refractivity contribution in [1.29, 1.82) is 0 Å². The number of methoxy groups -OCH3 is 1. The van der Waals surface area contributed by atoms with Crippen LogP contribution in [0, 0.1) is 0 Å². The highest BCUT2D eigenvalue weighted by Gasteiger charge is 1.69. The molecular weight excluding hydrogens is 360 g/mol. The summed E-state index contributed by atoms with van der Waals surface area (Å²) in [7, 11) is 1.31. The lowest BCUT2D eigenvalue weighted by atomic mass is 10.3. The van der Waals surface area contributed by atoms with E-state index in [0.717, 1.165) is 0 Å². The van der Waals surface area contributed by atoms with Gasteiger partial charge in [0.1, 0.15) is 0 Å². The average molecular weight is 413 g/mol. The standard InChI is InChI=1S/4C5H12.C2H4O2.CHClO/c4*1-3-5-4-2;1-4-2-3;2-1-3/h4*3-5H2,1-2H3;2H,1H3;1H. The topological polar surface area (TPSA) is 43.4 Å². The maximum absolute atomic E-state index is 8.95. The quantitative estimate of drug-likeness (QED) is 0.280. The van der Waals surface area contributed by atoms with Crippen LogP contribution < -0.4 is 0 Å². The number of hydrogen-bond acceptors (Lipinski definition) is 3. The van der Waals surface area contributed by atoms with Crippen LogP contribution in [-0.4, -0.2) is 19.3 Å². The smallest absolute Gasteiger partial charge is 0.292 e. The minimum Gasteiger partial charge on any atom is -0.471 e. The van der Waals surface area contributed by atoms with E-state index in [1.54, 1.807) is 0 Å². The molecule has 0 fully saturated rings. The Bertz CT molecular complexity index is 145. The van der Waals surface area contributed by atoms with Gasteiger partial charge in [-0.25, -0.2) is 0 Å². The molecule has 0 atom stereocenters. The van der Waals surface area contributed by atoms with Crippen molar-refractivity contribution in [2.45, 2.75) is 132 Å². The predicted octanol–water partition coefficient (Wildman–Crippen LogP) is 8.99. The maximum Gasteiger partial charge on any atom is 0.292 e. The molecule has 0 radical (unpaired) electrons. The van der Waals surface area contributed by atoms with E-state index in [4.69, 9.17) is 9.59 Å². The third-order valence-corrected chi connectivity index (χ3v) is 2.92. The van der Waals surface area contributed by atoms with E-state index in [1.807, 2.05) is 0 Å². The fourth-order valence-electron chi connectivity index (χ4n) is 1.41. The van der Waals surface area contributed by atoms with Crippen LogP contribution in [0.25, 0.3) is 0 Å². The van der Waals surface area contributed by atoms with E-state index in [1.165, 1.54) is 84.2 Å². The molecule has 170 valence electrons. The van der Waals surface area contributed by atoms with Gasteiger partial charge in [-0.2, -0.15) is 0 Å². The molecule has 0 spiro atoms. The van der Waals surface area contributed by atoms with Gasteiger partial charge in [0.05, 0.1) is 7.11 Å². The van der Waals surface area contributed by atoms with Crippen molar-refractivity contribution in [1.82, 2.24) is 0 Å². The van der Waals surface area contributed by atoms with Crippen LogP contribution in [0.5, 0.6) is 0 Å². The molecule has 0 rings (SSSR count). The zero-order chi connectivity index (χ0) is 22.6. The van der Waals surface area contributed by atoms with Crippen LogP contribution in [0.3, 0.4) is 0 Å². The Morgan fingerprint density at radius 3 is 0.667 bits per heavy atom. The van der Waals surface area contributed by atoms with Gasteiger partial charge in [-0.1, -0.05) is 132 Å². The largest absolute Gasteiger partial charge is 0.471 e. The Hall–Kier alpha value is -0.570. The lowest BCUT2D eigenvalue weighted by molar-refractivity contribution is -0.126. The van der Waals surface area contributed by atoms with Gasteiger partial charge in [0.25, 0.3) is 6.47 Å². The first-order valence-corrected chi connectivity index (χ1v) is 11.4. The van der Waals surface area contributed by atoms with Gasteiger partial charge in [-0.15, -0.1) is 0 Å². The van der Waals surface area contributed by atoms with Crippen LogP contribution >= 0.6 is 11.6 Å². The lowest BCUT2D eigenvalue weighted by Gasteiger charge is -1.79. The molecule has 0 N–H and O–H groups in total. The highest BCUT2D eigenvalue weighted by molar-refractivity contribution is 6.54. The first-order valence-electron chi connectivity index (χ1n) is 11.0. The van der Waals surface area contributed by atoms with Crippen LogP contribution in [0.15, 0.2) is 0 Å². The van der Waals surface area contributed by atoms with Crippen LogP contribution in [-0.2, 0) is 14.3 Å². The van der Waals surface area contributed by atoms with Crippen molar-refractivity contribution in [2.75, 3.05) is 7.11 Å². The highest BCUT2D eigenvalue weighted by atomic mass is 35.5. The summed E-state index contributed by atoms with van der Waals surface area (Å²) in [6, 6.07) is 0. The van der Waals surface area contributed by atoms with Crippen molar-refractivity contribution in [3.63, 3.8) is 0 Å². The summed E-state index contributed by atoms with van der Waals surface area (Å²) in [6.45, 7) is 18.1. The summed E-state index contributed by atoms with van der Waals surface area (Å²) >= 11 is 4.32. The van der Waals surface area contributed by atoms with Gasteiger partial charge >= 0.3 is 0 Å². The number of rotatable bonds is 9. The molecule has 0 bridgehead atoms. The van der Waals surface area contributed by atoms with Crippen LogP contribution in [0.1, 0.15) is 132 Å². The monoisotopic (exact) mass is 412 g/mol. The lowest BCUT2D eigenvalue weighted by Crippen LogP contribution is -1.68. The summed E-state index contributed by atoms with van der Waals surface area (Å²) in [5.41, 5.74) is 0. The molecule has 0 aliphatic rings. The van der Waals surface area contributed by atoms with Gasteiger partial charge in [0.15, 0.2) is 0 Å². The minimum absolute atomic E-state index is 0.222. The second-order valence-electron chi connectivity index (χ2n) is 5.84. The molecule has 3 nitrogen and oxygen atoms in total. The van der Waals surface area contributed by atoms with Gasteiger partial charge in [-0.3, -0.25) is 9.59 Å². The van der Waals surface area contributed by atoms with E-state index in [-0.39, 0.29) is 5.75 Å². The van der Waals surface area contributed by atoms with E-state index in [0.29, 0.717) is 6.47 Å². The molecular formula is C23H53ClO3. The van der Waals surface area contributed by atoms with E-state index >= 15 is 0 Å². The van der Waals surface area contributed by atoms with Crippen LogP contribution in [0.2, 0.25) is 0 Å². The molecule has 27 heavy (non-hydrogen) atoms. The first-order chi connectivity index (χ1) is 13.0. The zero-order valence-electron chi connectivity index (χ0n) is 20.2. The third-order valence-electron chi connectivity index (χ3n) is 2.92. The number of hydrogen-bond donors (Lipinski definition) is 0. The van der Waals surface area contributed by atoms with Crippen molar-refractivity contribution < 1.29 is 14.3 Å². The van der Waals surface area contributed by atoms with Gasteiger partial charge in [-0.05, 0) is 11.6 Å². The number of carbonyl (C=O) groups is 2. The van der Waals surface area contributed by atoms with Crippen molar-refractivity contribution in [2.24, 2.45) is 0 Å². The van der Waals surface area contributed by atoms with Crippen LogP contribution in [0.4, 0.5) is 0 Å². The molecule has 0 aromatic rings. The Balaban J connectivity index is -0.0000000494. The zero-order valence-corrected chi connectivity index (χ0v) is 21.0. The fraction of sp³-hybridized carbons (Fsp3) is 0.913. The Labute approximate surface area is 178 Å². The molecule has 0 aromatic carbocycles. The molecule has 0 unspecified atom stereocenters. The van der Waals surface area contributed by atoms with Crippen molar-refractivity contribution in [3.8, 4) is 0 Å². The van der Waals surface area contributed by atoms with Gasteiger partial charge in [0, 0.05) is 0 Å². The number of ether oxygens (including phenoxy) is 1. The Kier molecular flexibility index (Phi) is 111. The highest BCUT2D eigenvalue weighted by Crippen LogP contribution is 1.89. The molecule has 0 saturated carbocycles. The average Bonchev–Trinajstić information content (AvgIpc) is 2.67. The Morgan fingerprint density at radius 2 is 0.667 bits per heavy atom. The summed E-state index contributed by atoms with van der Waals surface area (Å²) < 4.78 is 3.86. The number of carbonyl (C=O) groups excluding carboxylic acids is 2. The number of unbranched alkanes of at least 4 members (excludes halogenated alkanes) is 8. The van der Waals surface area contributed by atoms with Crippen molar-refractivity contribution >= 4 is 23.8 Å². The van der Waals surface area contributed by atoms with Crippen molar-refractivity contribution in [3.05, 3.63) is 0 Å². The van der Waals surface area contributed by atoms with E-state index < -0.39 is 0 Å². The second-order valence-corrected chi connectivity index (χ2v) is 6.01. The van der Waals surface area contributed by atoms with Gasteiger partial charge in [0.2, 0.25) is 5.75 Å². The number of halogens is 1. The third kappa shape index (κ3) is 196. The second kappa shape index (κ2) is 72.9. The normalized spacial score (nSPS) is 7.48. The van der Waals surface area contributed by atoms with E-state index in [2.05, 4.69) is 71.7 Å². The molecule has 0 heterocycles. The molecule has 0 aromatic heterocycles. The maximum atomic E-state index is 8.95. The molecule has 0 saturated heterocycles. The summed E-state index contributed by atoms with van der Waals surface area (Å²) in [6.07, 6.45) is 16.3. The minimum atomic E-state index is 0.222. The molecule has 0 amide bonds. The predicted molar refractivity (Wildman–Crippen MR) is 126 cm³/mol. The Morgan fingerprint density at radius 1 is 0.556 bits per heavy atom. The SMILES string of the molecule is CCCCC.CCCCC.CCCCC.CCCCC.COC=O.O=CCl. The van der Waals surface area contributed by atoms with Gasteiger partial charge < -0.3 is 4.74 Å². The molecule has 0 aliphatic carbocycles. The molecule has 4 heteroatoms. The molecule has 0 aliphatic heterocycles.